The lowest BCUT2D eigenvalue weighted by Gasteiger charge is -2.20. The number of aromatic nitrogens is 4. The monoisotopic (exact) mass is 463 g/mol. The Labute approximate surface area is 195 Å². The molecule has 0 bridgehead atoms. The zero-order valence-corrected chi connectivity index (χ0v) is 20.0. The Kier molecular flexibility index (Phi) is 5.73. The van der Waals surface area contributed by atoms with E-state index in [2.05, 4.69) is 36.2 Å². The maximum absolute atomic E-state index is 13.4. The van der Waals surface area contributed by atoms with Gasteiger partial charge in [0.05, 0.1) is 22.5 Å². The number of thioether (sulfide) groups is 1. The number of rotatable bonds is 7. The SMILES string of the molecule is Cc1ccc2sc(N(Cc3ccccc3)C(=O)CSc3nnc(C4CC4)n3C)nc2c1C. The van der Waals surface area contributed by atoms with Crippen LogP contribution in [-0.4, -0.2) is 31.4 Å². The van der Waals surface area contributed by atoms with Crippen LogP contribution in [-0.2, 0) is 18.4 Å². The minimum absolute atomic E-state index is 0.0169. The summed E-state index contributed by atoms with van der Waals surface area (Å²) in [5.41, 5.74) is 4.43. The number of carbonyl (C=O) groups is 1. The van der Waals surface area contributed by atoms with Gasteiger partial charge < -0.3 is 4.57 Å². The average Bonchev–Trinajstić information content (AvgIpc) is 3.44. The number of hydrogen-bond donors (Lipinski definition) is 0. The number of fused-ring (bicyclic) bond motifs is 1. The summed E-state index contributed by atoms with van der Waals surface area (Å²) in [5.74, 6) is 1.86. The van der Waals surface area contributed by atoms with E-state index in [1.807, 2.05) is 41.9 Å². The zero-order valence-electron chi connectivity index (χ0n) is 18.4. The fraction of sp³-hybridized carbons (Fsp3) is 0.333. The fourth-order valence-corrected chi connectivity index (χ4v) is 5.55. The van der Waals surface area contributed by atoms with E-state index >= 15 is 0 Å². The van der Waals surface area contributed by atoms with Crippen LogP contribution in [0.5, 0.6) is 0 Å². The molecule has 2 aromatic heterocycles. The first kappa shape index (κ1) is 21.2. The van der Waals surface area contributed by atoms with Gasteiger partial charge in [-0.25, -0.2) is 4.98 Å². The highest BCUT2D eigenvalue weighted by atomic mass is 32.2. The molecule has 4 aromatic rings. The summed E-state index contributed by atoms with van der Waals surface area (Å²) in [6, 6.07) is 14.3. The molecule has 0 radical (unpaired) electrons. The van der Waals surface area contributed by atoms with Crippen LogP contribution in [0.4, 0.5) is 5.13 Å². The molecule has 32 heavy (non-hydrogen) atoms. The second kappa shape index (κ2) is 8.67. The molecule has 0 atom stereocenters. The van der Waals surface area contributed by atoms with Crippen LogP contribution in [0.2, 0.25) is 0 Å². The Morgan fingerprint density at radius 2 is 1.94 bits per heavy atom. The molecule has 0 aliphatic heterocycles. The highest BCUT2D eigenvalue weighted by Crippen LogP contribution is 2.39. The predicted octanol–water partition coefficient (Wildman–Crippen LogP) is 5.24. The average molecular weight is 464 g/mol. The molecule has 0 saturated heterocycles. The number of carbonyl (C=O) groups excluding carboxylic acids is 1. The lowest BCUT2D eigenvalue weighted by molar-refractivity contribution is -0.116. The summed E-state index contributed by atoms with van der Waals surface area (Å²) >= 11 is 3.01. The van der Waals surface area contributed by atoms with Crippen LogP contribution in [0.15, 0.2) is 47.6 Å². The molecule has 1 saturated carbocycles. The third kappa shape index (κ3) is 4.17. The molecule has 164 valence electrons. The molecule has 1 aliphatic rings. The van der Waals surface area contributed by atoms with Crippen LogP contribution in [0.25, 0.3) is 10.2 Å². The lowest BCUT2D eigenvalue weighted by Crippen LogP contribution is -2.32. The summed E-state index contributed by atoms with van der Waals surface area (Å²) in [5, 5.41) is 10.2. The minimum Gasteiger partial charge on any atom is -0.309 e. The van der Waals surface area contributed by atoms with Crippen LogP contribution < -0.4 is 4.90 Å². The summed E-state index contributed by atoms with van der Waals surface area (Å²) < 4.78 is 3.13. The van der Waals surface area contributed by atoms with E-state index < -0.39 is 0 Å². The number of anilines is 1. The van der Waals surface area contributed by atoms with E-state index in [1.54, 1.807) is 16.2 Å². The lowest BCUT2D eigenvalue weighted by atomic mass is 10.1. The highest BCUT2D eigenvalue weighted by Gasteiger charge is 2.29. The quantitative estimate of drug-likeness (QED) is 0.351. The van der Waals surface area contributed by atoms with Crippen molar-refractivity contribution in [3.63, 3.8) is 0 Å². The second-order valence-electron chi connectivity index (χ2n) is 8.28. The van der Waals surface area contributed by atoms with Gasteiger partial charge in [0.2, 0.25) is 5.91 Å². The van der Waals surface area contributed by atoms with Crippen molar-refractivity contribution in [1.29, 1.82) is 0 Å². The molecule has 0 spiro atoms. The first-order valence-corrected chi connectivity index (χ1v) is 12.5. The normalized spacial score (nSPS) is 13.6. The smallest absolute Gasteiger partial charge is 0.239 e. The van der Waals surface area contributed by atoms with Gasteiger partial charge in [-0.2, -0.15) is 0 Å². The third-order valence-electron chi connectivity index (χ3n) is 5.92. The molecule has 5 rings (SSSR count). The van der Waals surface area contributed by atoms with Crippen LogP contribution in [0.3, 0.4) is 0 Å². The van der Waals surface area contributed by atoms with Crippen molar-refractivity contribution in [3.05, 3.63) is 65.0 Å². The number of amides is 1. The molecule has 1 amide bonds. The van der Waals surface area contributed by atoms with Gasteiger partial charge in [-0.1, -0.05) is 59.5 Å². The molecule has 0 unspecified atom stereocenters. The van der Waals surface area contributed by atoms with Gasteiger partial charge in [-0.05, 0) is 49.4 Å². The number of thiazole rings is 1. The topological polar surface area (TPSA) is 63.9 Å². The largest absolute Gasteiger partial charge is 0.309 e. The van der Waals surface area contributed by atoms with Gasteiger partial charge in [0, 0.05) is 13.0 Å². The third-order valence-corrected chi connectivity index (χ3v) is 7.97. The highest BCUT2D eigenvalue weighted by molar-refractivity contribution is 7.99. The summed E-state index contributed by atoms with van der Waals surface area (Å²) in [6.45, 7) is 4.67. The predicted molar refractivity (Wildman–Crippen MR) is 130 cm³/mol. The van der Waals surface area contributed by atoms with Gasteiger partial charge in [0.1, 0.15) is 5.82 Å². The van der Waals surface area contributed by atoms with Crippen molar-refractivity contribution >= 4 is 44.4 Å². The molecular weight excluding hydrogens is 438 g/mol. The zero-order chi connectivity index (χ0) is 22.2. The standard InChI is InChI=1S/C24H25N5OS2/c1-15-9-12-19-21(16(15)2)25-23(32-19)29(13-17-7-5-4-6-8-17)20(30)14-31-24-27-26-22(28(24)3)18-10-11-18/h4-9,12,18H,10-11,13-14H2,1-3H3. The van der Waals surface area contributed by atoms with Crippen LogP contribution in [0.1, 0.15) is 41.3 Å². The minimum atomic E-state index is 0.0169. The van der Waals surface area contributed by atoms with E-state index in [4.69, 9.17) is 4.98 Å². The summed E-state index contributed by atoms with van der Waals surface area (Å²) in [6.07, 6.45) is 2.36. The Bertz CT molecular complexity index is 1280. The van der Waals surface area contributed by atoms with E-state index in [0.717, 1.165) is 37.5 Å². The molecule has 8 heteroatoms. The van der Waals surface area contributed by atoms with E-state index in [-0.39, 0.29) is 11.7 Å². The Balaban J connectivity index is 1.41. The molecule has 1 fully saturated rings. The van der Waals surface area contributed by atoms with Crippen LogP contribution >= 0.6 is 23.1 Å². The Hall–Kier alpha value is -2.71. The van der Waals surface area contributed by atoms with Gasteiger partial charge in [0.25, 0.3) is 0 Å². The first-order chi connectivity index (χ1) is 15.5. The van der Waals surface area contributed by atoms with E-state index in [0.29, 0.717) is 12.5 Å². The van der Waals surface area contributed by atoms with Crippen molar-refractivity contribution in [2.24, 2.45) is 7.05 Å². The Morgan fingerprint density at radius 1 is 1.16 bits per heavy atom. The maximum atomic E-state index is 13.4. The molecule has 2 heterocycles. The molecule has 6 nitrogen and oxygen atoms in total. The first-order valence-electron chi connectivity index (χ1n) is 10.7. The van der Waals surface area contributed by atoms with Crippen molar-refractivity contribution in [2.75, 3.05) is 10.7 Å². The van der Waals surface area contributed by atoms with Gasteiger partial charge in [-0.15, -0.1) is 10.2 Å². The second-order valence-corrected chi connectivity index (χ2v) is 10.2. The van der Waals surface area contributed by atoms with Crippen molar-refractivity contribution in [1.82, 2.24) is 19.7 Å². The van der Waals surface area contributed by atoms with Crippen molar-refractivity contribution in [2.45, 2.75) is 44.3 Å². The van der Waals surface area contributed by atoms with Crippen molar-refractivity contribution < 1.29 is 4.79 Å². The number of hydrogen-bond acceptors (Lipinski definition) is 6. The number of benzene rings is 2. The van der Waals surface area contributed by atoms with Crippen LogP contribution in [0, 0.1) is 13.8 Å². The number of aryl methyl sites for hydroxylation is 2. The molecule has 2 aromatic carbocycles. The van der Waals surface area contributed by atoms with Gasteiger partial charge >= 0.3 is 0 Å². The van der Waals surface area contributed by atoms with E-state index in [1.165, 1.54) is 30.2 Å². The molecular formula is C24H25N5OS2. The fourth-order valence-electron chi connectivity index (χ4n) is 3.71. The maximum Gasteiger partial charge on any atom is 0.239 e. The Morgan fingerprint density at radius 3 is 2.69 bits per heavy atom. The summed E-state index contributed by atoms with van der Waals surface area (Å²) in [7, 11) is 1.99. The molecule has 0 N–H and O–H groups in total. The van der Waals surface area contributed by atoms with E-state index in [9.17, 15) is 4.79 Å². The molecule has 1 aliphatic carbocycles. The summed E-state index contributed by atoms with van der Waals surface area (Å²) in [4.78, 5) is 20.1. The number of nitrogens with zero attached hydrogens (tertiary/aromatic N) is 5. The van der Waals surface area contributed by atoms with Gasteiger partial charge in [-0.3, -0.25) is 9.69 Å². The van der Waals surface area contributed by atoms with Gasteiger partial charge in [0.15, 0.2) is 10.3 Å². The van der Waals surface area contributed by atoms with Crippen molar-refractivity contribution in [3.8, 4) is 0 Å².